The van der Waals surface area contributed by atoms with E-state index in [9.17, 15) is 14.3 Å². The third-order valence-corrected chi connectivity index (χ3v) is 3.90. The third-order valence-electron chi connectivity index (χ3n) is 3.90. The number of aryl methyl sites for hydroxylation is 1. The molecule has 1 aromatic heterocycles. The lowest BCUT2D eigenvalue weighted by atomic mass is 10.1. The molecule has 0 aliphatic rings. The highest BCUT2D eigenvalue weighted by molar-refractivity contribution is 5.98. The summed E-state index contributed by atoms with van der Waals surface area (Å²) in [5, 5.41) is 13.3. The number of hydrogen-bond acceptors (Lipinski definition) is 4. The fraction of sp³-hybridized carbons (Fsp3) is 0.200. The van der Waals surface area contributed by atoms with Gasteiger partial charge in [0.1, 0.15) is 24.3 Å². The van der Waals surface area contributed by atoms with Gasteiger partial charge in [0.05, 0.1) is 16.8 Å². The number of amides is 1. The summed E-state index contributed by atoms with van der Waals surface area (Å²) in [6.07, 6.45) is -0.845. The monoisotopic (exact) mass is 354 g/mol. The van der Waals surface area contributed by atoms with Crippen LogP contribution in [0.5, 0.6) is 5.75 Å². The smallest absolute Gasteiger partial charge is 0.253 e. The van der Waals surface area contributed by atoms with Crippen molar-refractivity contribution in [2.75, 3.05) is 13.2 Å². The number of aliphatic hydroxyl groups excluding tert-OH is 1. The van der Waals surface area contributed by atoms with E-state index in [-0.39, 0.29) is 24.9 Å². The van der Waals surface area contributed by atoms with Gasteiger partial charge in [-0.25, -0.2) is 4.39 Å². The Morgan fingerprint density at radius 2 is 2.00 bits per heavy atom. The second-order valence-corrected chi connectivity index (χ2v) is 5.95. The van der Waals surface area contributed by atoms with Crippen molar-refractivity contribution in [3.05, 3.63) is 71.7 Å². The molecule has 0 radical (unpaired) electrons. The first-order valence-corrected chi connectivity index (χ1v) is 8.24. The SMILES string of the molecule is Cc1nc2cc(F)ccc2cc1C(=O)NC[C@@H](O)COc1ccccc1. The standard InChI is InChI=1S/C20H19FN2O3/c1-13-18(9-14-7-8-15(21)10-19(14)23-13)20(25)22-11-16(24)12-26-17-5-3-2-4-6-17/h2-10,16,24H,11-12H2,1H3,(H,22,25)/t16-/m1/s1. The van der Waals surface area contributed by atoms with Crippen LogP contribution in [0.15, 0.2) is 54.6 Å². The maximum Gasteiger partial charge on any atom is 0.253 e. The van der Waals surface area contributed by atoms with Gasteiger partial charge in [-0.3, -0.25) is 9.78 Å². The Balaban J connectivity index is 1.60. The topological polar surface area (TPSA) is 71.5 Å². The number of hydrogen-bond donors (Lipinski definition) is 2. The van der Waals surface area contributed by atoms with Crippen molar-refractivity contribution in [2.45, 2.75) is 13.0 Å². The van der Waals surface area contributed by atoms with Crippen molar-refractivity contribution in [1.29, 1.82) is 0 Å². The molecule has 2 N–H and O–H groups in total. The molecule has 0 spiro atoms. The van der Waals surface area contributed by atoms with Crippen molar-refractivity contribution in [2.24, 2.45) is 0 Å². The Labute approximate surface area is 150 Å². The van der Waals surface area contributed by atoms with Gasteiger partial charge in [-0.1, -0.05) is 18.2 Å². The summed E-state index contributed by atoms with van der Waals surface area (Å²) in [5.41, 5.74) is 1.38. The van der Waals surface area contributed by atoms with Gasteiger partial charge < -0.3 is 15.2 Å². The molecule has 3 aromatic rings. The minimum atomic E-state index is -0.845. The van der Waals surface area contributed by atoms with E-state index < -0.39 is 6.10 Å². The number of aromatic nitrogens is 1. The maximum atomic E-state index is 13.3. The van der Waals surface area contributed by atoms with Gasteiger partial charge in [-0.05, 0) is 37.3 Å². The van der Waals surface area contributed by atoms with Crippen molar-refractivity contribution in [3.8, 4) is 5.75 Å². The number of carbonyl (C=O) groups excluding carboxylic acids is 1. The first-order valence-electron chi connectivity index (χ1n) is 8.24. The molecule has 0 unspecified atom stereocenters. The van der Waals surface area contributed by atoms with E-state index in [0.29, 0.717) is 27.9 Å². The molecule has 0 bridgehead atoms. The number of carbonyl (C=O) groups is 1. The van der Waals surface area contributed by atoms with Gasteiger partial charge in [0.2, 0.25) is 0 Å². The van der Waals surface area contributed by atoms with Crippen LogP contribution in [0.3, 0.4) is 0 Å². The van der Waals surface area contributed by atoms with Crippen molar-refractivity contribution in [1.82, 2.24) is 10.3 Å². The molecule has 0 saturated carbocycles. The van der Waals surface area contributed by atoms with E-state index in [0.717, 1.165) is 0 Å². The molecule has 0 fully saturated rings. The summed E-state index contributed by atoms with van der Waals surface area (Å²) < 4.78 is 18.7. The van der Waals surface area contributed by atoms with Gasteiger partial charge in [-0.15, -0.1) is 0 Å². The number of aliphatic hydroxyl groups is 1. The highest BCUT2D eigenvalue weighted by Crippen LogP contribution is 2.17. The zero-order valence-corrected chi connectivity index (χ0v) is 14.3. The first-order chi connectivity index (χ1) is 12.5. The van der Waals surface area contributed by atoms with E-state index in [1.54, 1.807) is 31.2 Å². The van der Waals surface area contributed by atoms with Crippen LogP contribution in [0.4, 0.5) is 4.39 Å². The van der Waals surface area contributed by atoms with Crippen molar-refractivity contribution in [3.63, 3.8) is 0 Å². The first kappa shape index (κ1) is 17.8. The average molecular weight is 354 g/mol. The Kier molecular flexibility index (Phi) is 5.43. The summed E-state index contributed by atoms with van der Waals surface area (Å²) in [7, 11) is 0. The number of nitrogens with zero attached hydrogens (tertiary/aromatic N) is 1. The van der Waals surface area contributed by atoms with Gasteiger partial charge in [0.25, 0.3) is 5.91 Å². The molecule has 6 heteroatoms. The average Bonchev–Trinajstić information content (AvgIpc) is 2.64. The molecule has 134 valence electrons. The van der Waals surface area contributed by atoms with Crippen LogP contribution in [-0.4, -0.2) is 35.3 Å². The van der Waals surface area contributed by atoms with E-state index in [1.165, 1.54) is 12.1 Å². The molecule has 5 nitrogen and oxygen atoms in total. The largest absolute Gasteiger partial charge is 0.491 e. The van der Waals surface area contributed by atoms with Gasteiger partial charge >= 0.3 is 0 Å². The highest BCUT2D eigenvalue weighted by Gasteiger charge is 2.14. The summed E-state index contributed by atoms with van der Waals surface area (Å²) in [6, 6.07) is 15.0. The summed E-state index contributed by atoms with van der Waals surface area (Å²) >= 11 is 0. The van der Waals surface area contributed by atoms with Crippen LogP contribution in [0.25, 0.3) is 10.9 Å². The van der Waals surface area contributed by atoms with Crippen LogP contribution < -0.4 is 10.1 Å². The Hall–Kier alpha value is -2.99. The van der Waals surface area contributed by atoms with Crippen LogP contribution in [-0.2, 0) is 0 Å². The lowest BCUT2D eigenvalue weighted by molar-refractivity contribution is 0.0843. The number of pyridine rings is 1. The molecule has 26 heavy (non-hydrogen) atoms. The fourth-order valence-electron chi connectivity index (χ4n) is 2.54. The van der Waals surface area contributed by atoms with E-state index in [4.69, 9.17) is 4.74 Å². The lowest BCUT2D eigenvalue weighted by Crippen LogP contribution is -2.35. The number of ether oxygens (including phenoxy) is 1. The van der Waals surface area contributed by atoms with Crippen molar-refractivity contribution < 1.29 is 19.0 Å². The van der Waals surface area contributed by atoms with E-state index >= 15 is 0 Å². The summed E-state index contributed by atoms with van der Waals surface area (Å²) in [4.78, 5) is 16.7. The van der Waals surface area contributed by atoms with Crippen LogP contribution >= 0.6 is 0 Å². The second kappa shape index (κ2) is 7.93. The number of nitrogens with one attached hydrogen (secondary N) is 1. The third kappa shape index (κ3) is 4.34. The predicted octanol–water partition coefficient (Wildman–Crippen LogP) is 2.85. The zero-order chi connectivity index (χ0) is 18.5. The molecule has 1 heterocycles. The minimum Gasteiger partial charge on any atom is -0.491 e. The molecular formula is C20H19FN2O3. The van der Waals surface area contributed by atoms with Gasteiger partial charge in [-0.2, -0.15) is 0 Å². The second-order valence-electron chi connectivity index (χ2n) is 5.95. The molecular weight excluding hydrogens is 335 g/mol. The molecule has 2 aromatic carbocycles. The molecule has 0 aliphatic heterocycles. The number of fused-ring (bicyclic) bond motifs is 1. The van der Waals surface area contributed by atoms with Crippen LogP contribution in [0, 0.1) is 12.7 Å². The zero-order valence-electron chi connectivity index (χ0n) is 14.3. The normalized spacial score (nSPS) is 12.0. The quantitative estimate of drug-likeness (QED) is 0.714. The van der Waals surface area contributed by atoms with Crippen LogP contribution in [0.1, 0.15) is 16.1 Å². The highest BCUT2D eigenvalue weighted by atomic mass is 19.1. The van der Waals surface area contributed by atoms with E-state index in [2.05, 4.69) is 10.3 Å². The van der Waals surface area contributed by atoms with E-state index in [1.807, 2.05) is 18.2 Å². The minimum absolute atomic E-state index is 0.0482. The lowest BCUT2D eigenvalue weighted by Gasteiger charge is -2.14. The number of halogens is 1. The number of para-hydroxylation sites is 1. The number of benzene rings is 2. The molecule has 0 aliphatic carbocycles. The van der Waals surface area contributed by atoms with Crippen molar-refractivity contribution >= 4 is 16.8 Å². The predicted molar refractivity (Wildman–Crippen MR) is 96.7 cm³/mol. The molecule has 1 amide bonds. The molecule has 3 rings (SSSR count). The van der Waals surface area contributed by atoms with Gasteiger partial charge in [0.15, 0.2) is 0 Å². The summed E-state index contributed by atoms with van der Waals surface area (Å²) in [6.45, 7) is 1.80. The Morgan fingerprint density at radius 1 is 1.23 bits per heavy atom. The van der Waals surface area contributed by atoms with Gasteiger partial charge in [0, 0.05) is 18.0 Å². The van der Waals surface area contributed by atoms with Crippen LogP contribution in [0.2, 0.25) is 0 Å². The number of rotatable bonds is 6. The molecule has 1 atom stereocenters. The molecule has 0 saturated heterocycles. The maximum absolute atomic E-state index is 13.3. The fourth-order valence-corrected chi connectivity index (χ4v) is 2.54. The Morgan fingerprint density at radius 3 is 2.77 bits per heavy atom. The summed E-state index contributed by atoms with van der Waals surface area (Å²) in [5.74, 6) is -0.0668. The Bertz CT molecular complexity index is 916.